The third-order valence-electron chi connectivity index (χ3n) is 2.82. The number of rotatable bonds is 4. The molecule has 1 aliphatic heterocycles. The number of alkyl carbamates (subject to hydrolysis) is 1. The van der Waals surface area contributed by atoms with Crippen LogP contribution in [0.5, 0.6) is 11.5 Å². The molecule has 0 radical (unpaired) electrons. The molecule has 1 atom stereocenters. The molecule has 1 saturated heterocycles. The van der Waals surface area contributed by atoms with Gasteiger partial charge in [-0.25, -0.2) is 4.79 Å². The van der Waals surface area contributed by atoms with Gasteiger partial charge in [-0.3, -0.25) is 0 Å². The van der Waals surface area contributed by atoms with Crippen molar-refractivity contribution in [1.82, 2.24) is 5.32 Å². The van der Waals surface area contributed by atoms with Gasteiger partial charge >= 0.3 is 6.09 Å². The van der Waals surface area contributed by atoms with Crippen LogP contribution in [0.15, 0.2) is 18.2 Å². The summed E-state index contributed by atoms with van der Waals surface area (Å²) in [7, 11) is 1.60. The van der Waals surface area contributed by atoms with Crippen LogP contribution < -0.4 is 14.8 Å². The second kappa shape index (κ2) is 7.09. The van der Waals surface area contributed by atoms with E-state index in [4.69, 9.17) is 14.2 Å². The van der Waals surface area contributed by atoms with Gasteiger partial charge in [0.15, 0.2) is 11.5 Å². The van der Waals surface area contributed by atoms with Crippen LogP contribution >= 0.6 is 12.4 Å². The fraction of sp³-hybridized carbons (Fsp3) is 0.462. The smallest absolute Gasteiger partial charge is 0.407 e. The number of hydrogen-bond donors (Lipinski definition) is 1. The number of methoxy groups -OCH3 is 1. The highest BCUT2D eigenvalue weighted by Gasteiger charge is 2.21. The number of nitrogens with one attached hydrogen (secondary N) is 1. The van der Waals surface area contributed by atoms with E-state index in [0.29, 0.717) is 24.7 Å². The van der Waals surface area contributed by atoms with Gasteiger partial charge in [0.1, 0.15) is 0 Å². The lowest BCUT2D eigenvalue weighted by molar-refractivity contribution is 0.115. The van der Waals surface area contributed by atoms with E-state index >= 15 is 0 Å². The fourth-order valence-corrected chi connectivity index (χ4v) is 1.95. The van der Waals surface area contributed by atoms with E-state index in [9.17, 15) is 4.79 Å². The Bertz CT molecular complexity index is 439. The molecule has 2 rings (SSSR count). The summed E-state index contributed by atoms with van der Waals surface area (Å²) in [6.45, 7) is 2.95. The van der Waals surface area contributed by atoms with E-state index in [-0.39, 0.29) is 24.5 Å². The van der Waals surface area contributed by atoms with Gasteiger partial charge in [0, 0.05) is 6.42 Å². The lowest BCUT2D eigenvalue weighted by Gasteiger charge is -2.24. The third kappa shape index (κ3) is 3.67. The zero-order valence-electron chi connectivity index (χ0n) is 11.0. The molecule has 0 spiro atoms. The molecule has 0 saturated carbocycles. The molecular formula is C13H18ClNO4. The van der Waals surface area contributed by atoms with Gasteiger partial charge in [-0.2, -0.15) is 0 Å². The SMILES string of the molecule is CCOc1ccc([C@@H]2CCOC(=O)N2)cc1OC.Cl. The number of benzene rings is 1. The molecule has 1 N–H and O–H groups in total. The molecule has 1 heterocycles. The van der Waals surface area contributed by atoms with Crippen molar-refractivity contribution in [1.29, 1.82) is 0 Å². The fourth-order valence-electron chi connectivity index (χ4n) is 1.95. The standard InChI is InChI=1S/C13H17NO4.ClH/c1-3-17-11-5-4-9(8-12(11)16-2)10-6-7-18-13(15)14-10;/h4-5,8,10H,3,6-7H2,1-2H3,(H,14,15);1H/t10-;/m0./s1. The van der Waals surface area contributed by atoms with Crippen molar-refractivity contribution in [2.75, 3.05) is 20.3 Å². The first kappa shape index (κ1) is 15.4. The zero-order chi connectivity index (χ0) is 13.0. The Labute approximate surface area is 118 Å². The number of carbonyl (C=O) groups is 1. The first-order chi connectivity index (χ1) is 8.74. The number of carbonyl (C=O) groups excluding carboxylic acids is 1. The highest BCUT2D eigenvalue weighted by atomic mass is 35.5. The van der Waals surface area contributed by atoms with Crippen LogP contribution in [0.1, 0.15) is 24.9 Å². The van der Waals surface area contributed by atoms with E-state index in [1.807, 2.05) is 25.1 Å². The van der Waals surface area contributed by atoms with Crippen LogP contribution in [0.3, 0.4) is 0 Å². The van der Waals surface area contributed by atoms with Crippen molar-refractivity contribution in [3.63, 3.8) is 0 Å². The summed E-state index contributed by atoms with van der Waals surface area (Å²) in [6, 6.07) is 5.65. The molecule has 0 bridgehead atoms. The molecule has 1 amide bonds. The molecule has 6 heteroatoms. The van der Waals surface area contributed by atoms with Crippen LogP contribution in [0.2, 0.25) is 0 Å². The number of ether oxygens (including phenoxy) is 3. The minimum absolute atomic E-state index is 0. The van der Waals surface area contributed by atoms with Crippen molar-refractivity contribution in [3.05, 3.63) is 23.8 Å². The predicted octanol–water partition coefficient (Wildman–Crippen LogP) is 2.69. The van der Waals surface area contributed by atoms with Crippen LogP contribution in [0, 0.1) is 0 Å². The second-order valence-electron chi connectivity index (χ2n) is 3.96. The number of halogens is 1. The molecule has 0 aromatic heterocycles. The largest absolute Gasteiger partial charge is 0.493 e. The van der Waals surface area contributed by atoms with E-state index in [1.54, 1.807) is 7.11 Å². The average molecular weight is 288 g/mol. The van der Waals surface area contributed by atoms with Crippen molar-refractivity contribution in [2.24, 2.45) is 0 Å². The molecule has 106 valence electrons. The zero-order valence-corrected chi connectivity index (χ0v) is 11.8. The van der Waals surface area contributed by atoms with Crippen molar-refractivity contribution >= 4 is 18.5 Å². The van der Waals surface area contributed by atoms with Gasteiger partial charge < -0.3 is 19.5 Å². The third-order valence-corrected chi connectivity index (χ3v) is 2.82. The van der Waals surface area contributed by atoms with Crippen LogP contribution in [0.25, 0.3) is 0 Å². The predicted molar refractivity (Wildman–Crippen MR) is 73.3 cm³/mol. The molecule has 0 unspecified atom stereocenters. The van der Waals surface area contributed by atoms with Gasteiger partial charge in [-0.1, -0.05) is 6.07 Å². The number of cyclic esters (lactones) is 1. The molecule has 1 aliphatic rings. The number of amides is 1. The quantitative estimate of drug-likeness (QED) is 0.925. The van der Waals surface area contributed by atoms with Gasteiger partial charge in [-0.05, 0) is 24.6 Å². The number of hydrogen-bond acceptors (Lipinski definition) is 4. The maximum atomic E-state index is 11.2. The molecule has 0 aliphatic carbocycles. The first-order valence-corrected chi connectivity index (χ1v) is 5.98. The van der Waals surface area contributed by atoms with Gasteiger partial charge in [0.2, 0.25) is 0 Å². The summed E-state index contributed by atoms with van der Waals surface area (Å²) in [5.41, 5.74) is 0.993. The van der Waals surface area contributed by atoms with Gasteiger partial charge in [0.05, 0.1) is 26.4 Å². The molecule has 1 fully saturated rings. The lowest BCUT2D eigenvalue weighted by Crippen LogP contribution is -2.35. The minimum atomic E-state index is -0.376. The molecule has 19 heavy (non-hydrogen) atoms. The Hall–Kier alpha value is -1.62. The summed E-state index contributed by atoms with van der Waals surface area (Å²) in [6.07, 6.45) is 0.377. The van der Waals surface area contributed by atoms with Crippen molar-refractivity contribution < 1.29 is 19.0 Å². The summed E-state index contributed by atoms with van der Waals surface area (Å²) in [5, 5.41) is 2.78. The van der Waals surface area contributed by atoms with Crippen LogP contribution in [-0.4, -0.2) is 26.4 Å². The molecule has 5 nitrogen and oxygen atoms in total. The molecular weight excluding hydrogens is 270 g/mol. The van der Waals surface area contributed by atoms with Crippen LogP contribution in [-0.2, 0) is 4.74 Å². The molecule has 1 aromatic rings. The first-order valence-electron chi connectivity index (χ1n) is 5.98. The highest BCUT2D eigenvalue weighted by Crippen LogP contribution is 2.31. The van der Waals surface area contributed by atoms with E-state index in [2.05, 4.69) is 5.32 Å². The Morgan fingerprint density at radius 2 is 2.21 bits per heavy atom. The Morgan fingerprint density at radius 3 is 2.84 bits per heavy atom. The normalized spacial score (nSPS) is 17.8. The second-order valence-corrected chi connectivity index (χ2v) is 3.96. The maximum Gasteiger partial charge on any atom is 0.407 e. The van der Waals surface area contributed by atoms with Crippen molar-refractivity contribution in [2.45, 2.75) is 19.4 Å². The van der Waals surface area contributed by atoms with Crippen molar-refractivity contribution in [3.8, 4) is 11.5 Å². The Kier molecular flexibility index (Phi) is 5.76. The summed E-state index contributed by atoms with van der Waals surface area (Å²) >= 11 is 0. The lowest BCUT2D eigenvalue weighted by atomic mass is 10.0. The molecule has 1 aromatic carbocycles. The summed E-state index contributed by atoms with van der Waals surface area (Å²) in [5.74, 6) is 1.39. The van der Waals surface area contributed by atoms with Crippen LogP contribution in [0.4, 0.5) is 4.79 Å². The Balaban J connectivity index is 0.00000180. The monoisotopic (exact) mass is 287 g/mol. The van der Waals surface area contributed by atoms with E-state index in [0.717, 1.165) is 12.0 Å². The van der Waals surface area contributed by atoms with Gasteiger partial charge in [-0.15, -0.1) is 12.4 Å². The Morgan fingerprint density at radius 1 is 1.42 bits per heavy atom. The highest BCUT2D eigenvalue weighted by molar-refractivity contribution is 5.85. The minimum Gasteiger partial charge on any atom is -0.493 e. The maximum absolute atomic E-state index is 11.2. The van der Waals surface area contributed by atoms with E-state index in [1.165, 1.54) is 0 Å². The topological polar surface area (TPSA) is 56.8 Å². The van der Waals surface area contributed by atoms with Gasteiger partial charge in [0.25, 0.3) is 0 Å². The summed E-state index contributed by atoms with van der Waals surface area (Å²) < 4.78 is 15.6. The average Bonchev–Trinajstić information content (AvgIpc) is 2.39. The summed E-state index contributed by atoms with van der Waals surface area (Å²) in [4.78, 5) is 11.2. The van der Waals surface area contributed by atoms with E-state index < -0.39 is 0 Å².